The molecule has 1 aliphatic heterocycles. The molecular formula is C36H44N4O5S. The normalized spacial score (nSPS) is 27.6. The van der Waals surface area contributed by atoms with E-state index >= 15 is 0 Å². The van der Waals surface area contributed by atoms with Crippen LogP contribution in [0.3, 0.4) is 0 Å². The third-order valence-corrected chi connectivity index (χ3v) is 11.0. The highest BCUT2D eigenvalue weighted by Gasteiger charge is 2.61. The summed E-state index contributed by atoms with van der Waals surface area (Å²) in [6, 6.07) is 6.11. The van der Waals surface area contributed by atoms with Crippen molar-refractivity contribution < 1.29 is 24.2 Å². The number of aromatic nitrogens is 2. The van der Waals surface area contributed by atoms with Gasteiger partial charge in [0.25, 0.3) is 0 Å². The SMILES string of the molecule is COc1ccc2c(C[C@H]3C[C@H]4C(=O)NCCCCC/C=C\[C@@H]5C[C@@]5(C(=O)O)NC(=O)[C@@H]4C3)cc(-c3nc(C(C)C)cs3)nc2c1C. The highest BCUT2D eigenvalue weighted by Crippen LogP contribution is 2.47. The highest BCUT2D eigenvalue weighted by atomic mass is 32.1. The number of pyridine rings is 1. The molecular weight excluding hydrogens is 600 g/mol. The van der Waals surface area contributed by atoms with Crippen molar-refractivity contribution in [2.24, 2.45) is 23.7 Å². The minimum Gasteiger partial charge on any atom is -0.496 e. The van der Waals surface area contributed by atoms with E-state index in [1.807, 2.05) is 31.2 Å². The number of nitrogens with one attached hydrogen (secondary N) is 2. The summed E-state index contributed by atoms with van der Waals surface area (Å²) >= 11 is 1.58. The summed E-state index contributed by atoms with van der Waals surface area (Å²) in [4.78, 5) is 49.7. The maximum absolute atomic E-state index is 13.8. The van der Waals surface area contributed by atoms with Crippen LogP contribution in [-0.4, -0.2) is 52.1 Å². The first-order valence-electron chi connectivity index (χ1n) is 16.5. The molecule has 3 heterocycles. The summed E-state index contributed by atoms with van der Waals surface area (Å²) in [6.45, 7) is 6.84. The van der Waals surface area contributed by atoms with Crippen LogP contribution in [0.5, 0.6) is 5.75 Å². The molecule has 10 heteroatoms. The summed E-state index contributed by atoms with van der Waals surface area (Å²) in [5, 5.41) is 20.1. The van der Waals surface area contributed by atoms with E-state index in [1.165, 1.54) is 0 Å². The first-order chi connectivity index (χ1) is 22.1. The Labute approximate surface area is 274 Å². The second kappa shape index (κ2) is 13.1. The Bertz CT molecular complexity index is 1680. The number of rotatable bonds is 6. The van der Waals surface area contributed by atoms with Gasteiger partial charge in [0.15, 0.2) is 0 Å². The van der Waals surface area contributed by atoms with Crippen LogP contribution in [0.25, 0.3) is 21.6 Å². The number of carbonyl (C=O) groups excluding carboxylic acids is 2. The summed E-state index contributed by atoms with van der Waals surface area (Å²) in [5.41, 5.74) is 3.44. The molecule has 46 heavy (non-hydrogen) atoms. The zero-order chi connectivity index (χ0) is 32.6. The van der Waals surface area contributed by atoms with Crippen molar-refractivity contribution in [3.05, 3.63) is 52.6 Å². The van der Waals surface area contributed by atoms with Gasteiger partial charge in [-0.1, -0.05) is 32.4 Å². The summed E-state index contributed by atoms with van der Waals surface area (Å²) in [5.74, 6) is -1.69. The summed E-state index contributed by atoms with van der Waals surface area (Å²) < 4.78 is 5.63. The lowest BCUT2D eigenvalue weighted by Gasteiger charge is -2.22. The Morgan fingerprint density at radius 3 is 2.63 bits per heavy atom. The van der Waals surface area contributed by atoms with Gasteiger partial charge in [0.2, 0.25) is 11.8 Å². The number of ether oxygens (including phenoxy) is 1. The Hall–Kier alpha value is -3.79. The highest BCUT2D eigenvalue weighted by molar-refractivity contribution is 7.13. The minimum absolute atomic E-state index is 0.0458. The van der Waals surface area contributed by atoms with Crippen molar-refractivity contribution in [2.75, 3.05) is 13.7 Å². The monoisotopic (exact) mass is 644 g/mol. The number of thiazole rings is 1. The standard InChI is InChI=1S/C36H44N4O5S/c1-20(2)29-19-46-34(39-29)28-17-23(25-11-12-30(45-4)21(3)31(25)38-28)14-22-15-26-27(16-22)33(42)40-36(35(43)44)18-24(36)10-8-6-5-7-9-13-37-32(26)41/h8,10-12,17,19-20,22,24,26-27H,5-7,9,13-16,18H2,1-4H3,(H,37,41)(H,40,42)(H,43,44)/b10-8-/t22-,24+,26+,27+,36+/m0/s1. The lowest BCUT2D eigenvalue weighted by atomic mass is 9.93. The second-order valence-corrected chi connectivity index (χ2v) is 14.4. The lowest BCUT2D eigenvalue weighted by Crippen LogP contribution is -2.49. The van der Waals surface area contributed by atoms with Gasteiger partial charge in [0.1, 0.15) is 16.3 Å². The Balaban J connectivity index is 1.33. The number of carbonyl (C=O) groups is 3. The van der Waals surface area contributed by atoms with Crippen LogP contribution in [-0.2, 0) is 20.8 Å². The molecule has 0 bridgehead atoms. The number of nitrogens with zero attached hydrogens (tertiary/aromatic N) is 2. The predicted octanol–water partition coefficient (Wildman–Crippen LogP) is 6.19. The van der Waals surface area contributed by atoms with E-state index in [0.29, 0.717) is 38.1 Å². The van der Waals surface area contributed by atoms with E-state index in [0.717, 1.165) is 69.9 Å². The molecule has 0 radical (unpaired) electrons. The number of benzene rings is 1. The molecule has 9 nitrogen and oxygen atoms in total. The van der Waals surface area contributed by atoms with Crippen molar-refractivity contribution in [3.63, 3.8) is 0 Å². The fourth-order valence-electron chi connectivity index (χ4n) is 7.29. The van der Waals surface area contributed by atoms with E-state index in [-0.39, 0.29) is 23.7 Å². The van der Waals surface area contributed by atoms with Gasteiger partial charge in [-0.15, -0.1) is 11.3 Å². The first-order valence-corrected chi connectivity index (χ1v) is 17.4. The number of carboxylic acid groups (broad SMARTS) is 1. The average molecular weight is 645 g/mol. The molecule has 2 saturated carbocycles. The molecule has 0 saturated heterocycles. The second-order valence-electron chi connectivity index (χ2n) is 13.6. The van der Waals surface area contributed by atoms with Crippen molar-refractivity contribution in [1.29, 1.82) is 0 Å². The van der Waals surface area contributed by atoms with Crippen molar-refractivity contribution >= 4 is 40.0 Å². The van der Waals surface area contributed by atoms with Crippen molar-refractivity contribution in [1.82, 2.24) is 20.6 Å². The van der Waals surface area contributed by atoms with Gasteiger partial charge in [0, 0.05) is 40.6 Å². The van der Waals surface area contributed by atoms with Crippen LogP contribution < -0.4 is 15.4 Å². The number of aliphatic carboxylic acids is 1. The number of methoxy groups -OCH3 is 1. The number of hydrogen-bond acceptors (Lipinski definition) is 7. The molecule has 0 unspecified atom stereocenters. The van der Waals surface area contributed by atoms with Crippen LogP contribution in [0, 0.1) is 30.6 Å². The number of allylic oxidation sites excluding steroid dienone is 1. The Kier molecular flexibility index (Phi) is 9.19. The van der Waals surface area contributed by atoms with Crippen LogP contribution in [0.4, 0.5) is 0 Å². The van der Waals surface area contributed by atoms with Crippen LogP contribution >= 0.6 is 11.3 Å². The first kappa shape index (κ1) is 32.2. The average Bonchev–Trinajstić information content (AvgIpc) is 3.33. The molecule has 1 aromatic carbocycles. The molecule has 3 aromatic rings. The number of aryl methyl sites for hydroxylation is 1. The fourth-order valence-corrected chi connectivity index (χ4v) is 8.23. The number of amides is 2. The molecule has 2 amide bonds. The molecule has 3 N–H and O–H groups in total. The minimum atomic E-state index is -1.29. The smallest absolute Gasteiger partial charge is 0.330 e. The molecule has 2 fully saturated rings. The molecule has 3 aliphatic rings. The number of carboxylic acids is 1. The third kappa shape index (κ3) is 6.28. The predicted molar refractivity (Wildman–Crippen MR) is 179 cm³/mol. The van der Waals surface area contributed by atoms with Crippen LogP contribution in [0.2, 0.25) is 0 Å². The van der Waals surface area contributed by atoms with E-state index in [9.17, 15) is 19.5 Å². The van der Waals surface area contributed by atoms with E-state index in [1.54, 1.807) is 18.4 Å². The summed E-state index contributed by atoms with van der Waals surface area (Å²) in [7, 11) is 1.66. The van der Waals surface area contributed by atoms with Gasteiger partial charge in [0.05, 0.1) is 24.0 Å². The maximum Gasteiger partial charge on any atom is 0.330 e. The van der Waals surface area contributed by atoms with Crippen LogP contribution in [0.1, 0.15) is 81.5 Å². The molecule has 5 atom stereocenters. The quantitative estimate of drug-likeness (QED) is 0.273. The zero-order valence-corrected chi connectivity index (χ0v) is 27.9. The van der Waals surface area contributed by atoms with Gasteiger partial charge >= 0.3 is 5.97 Å². The lowest BCUT2D eigenvalue weighted by molar-refractivity contribution is -0.144. The van der Waals surface area contributed by atoms with E-state index in [2.05, 4.69) is 35.9 Å². The largest absolute Gasteiger partial charge is 0.496 e. The zero-order valence-electron chi connectivity index (χ0n) is 27.1. The van der Waals surface area contributed by atoms with Crippen molar-refractivity contribution in [3.8, 4) is 16.5 Å². The maximum atomic E-state index is 13.8. The van der Waals surface area contributed by atoms with Gasteiger partial charge in [-0.2, -0.15) is 0 Å². The molecule has 2 aromatic heterocycles. The molecule has 6 rings (SSSR count). The molecule has 2 aliphatic carbocycles. The number of fused-ring (bicyclic) bond motifs is 3. The Morgan fingerprint density at radius 2 is 1.91 bits per heavy atom. The van der Waals surface area contributed by atoms with E-state index < -0.39 is 23.3 Å². The fraction of sp³-hybridized carbons (Fsp3) is 0.528. The summed E-state index contributed by atoms with van der Waals surface area (Å²) in [6.07, 6.45) is 9.76. The van der Waals surface area contributed by atoms with Crippen LogP contribution in [0.15, 0.2) is 35.7 Å². The van der Waals surface area contributed by atoms with Crippen molar-refractivity contribution in [2.45, 2.75) is 83.6 Å². The van der Waals surface area contributed by atoms with Gasteiger partial charge in [-0.3, -0.25) is 9.59 Å². The number of hydrogen-bond donors (Lipinski definition) is 3. The third-order valence-electron chi connectivity index (χ3n) is 10.1. The van der Waals surface area contributed by atoms with E-state index in [4.69, 9.17) is 14.7 Å². The van der Waals surface area contributed by atoms with Gasteiger partial charge in [-0.05, 0) is 87.5 Å². The molecule has 0 spiro atoms. The topological polar surface area (TPSA) is 131 Å². The van der Waals surface area contributed by atoms with Gasteiger partial charge < -0.3 is 20.5 Å². The van der Waals surface area contributed by atoms with Gasteiger partial charge in [-0.25, -0.2) is 14.8 Å². The molecule has 244 valence electrons. The Morgan fingerprint density at radius 1 is 1.13 bits per heavy atom.